The van der Waals surface area contributed by atoms with E-state index in [2.05, 4.69) is 32.2 Å². The Hall–Kier alpha value is -1.02. The van der Waals surface area contributed by atoms with E-state index in [1.807, 2.05) is 6.07 Å². The highest BCUT2D eigenvalue weighted by Gasteiger charge is 2.16. The van der Waals surface area contributed by atoms with Crippen molar-refractivity contribution in [3.8, 4) is 5.75 Å². The molecular formula is C16H25NO. The highest BCUT2D eigenvalue weighted by Crippen LogP contribution is 2.28. The maximum absolute atomic E-state index is 10.1. The van der Waals surface area contributed by atoms with E-state index >= 15 is 0 Å². The Morgan fingerprint density at radius 1 is 1.33 bits per heavy atom. The number of rotatable bonds is 3. The van der Waals surface area contributed by atoms with Crippen molar-refractivity contribution < 1.29 is 5.11 Å². The number of benzene rings is 1. The van der Waals surface area contributed by atoms with Gasteiger partial charge in [0.1, 0.15) is 5.75 Å². The molecule has 1 aromatic rings. The fourth-order valence-electron chi connectivity index (χ4n) is 2.91. The van der Waals surface area contributed by atoms with E-state index in [-0.39, 0.29) is 0 Å². The summed E-state index contributed by atoms with van der Waals surface area (Å²) < 4.78 is 0. The molecule has 1 aliphatic rings. The van der Waals surface area contributed by atoms with E-state index in [4.69, 9.17) is 0 Å². The second-order valence-corrected chi connectivity index (χ2v) is 5.84. The van der Waals surface area contributed by atoms with E-state index < -0.39 is 0 Å². The molecule has 0 spiro atoms. The molecule has 1 fully saturated rings. The van der Waals surface area contributed by atoms with Gasteiger partial charge in [-0.2, -0.15) is 0 Å². The van der Waals surface area contributed by atoms with Gasteiger partial charge in [-0.25, -0.2) is 0 Å². The number of phenols is 1. The summed E-state index contributed by atoms with van der Waals surface area (Å²) in [5.41, 5.74) is 3.66. The number of aromatic hydroxyl groups is 1. The summed E-state index contributed by atoms with van der Waals surface area (Å²) in [6.07, 6.45) is 4.77. The minimum absolute atomic E-state index is 0.462. The Kier molecular flexibility index (Phi) is 4.28. The standard InChI is InChI=1S/C16H25NO/c1-11(2)15-10-13(16(18)8-12(15)3)9-14-6-4-5-7-17-14/h8,10-11,14,17-18H,4-7,9H2,1-3H3. The minimum Gasteiger partial charge on any atom is -0.508 e. The number of piperidine rings is 1. The number of phenolic OH excluding ortho intramolecular Hbond substituents is 1. The number of aryl methyl sites for hydroxylation is 1. The van der Waals surface area contributed by atoms with E-state index in [0.717, 1.165) is 18.5 Å². The van der Waals surface area contributed by atoms with Crippen molar-refractivity contribution >= 4 is 0 Å². The van der Waals surface area contributed by atoms with Crippen LogP contribution in [0.2, 0.25) is 0 Å². The molecule has 1 heterocycles. The molecule has 0 bridgehead atoms. The first kappa shape index (κ1) is 13.4. The first-order valence-electron chi connectivity index (χ1n) is 7.13. The minimum atomic E-state index is 0.462. The van der Waals surface area contributed by atoms with Crippen molar-refractivity contribution in [3.05, 3.63) is 28.8 Å². The zero-order chi connectivity index (χ0) is 13.1. The molecule has 0 aromatic heterocycles. The molecule has 1 atom stereocenters. The third kappa shape index (κ3) is 3.05. The summed E-state index contributed by atoms with van der Waals surface area (Å²) in [5, 5.41) is 13.6. The lowest BCUT2D eigenvalue weighted by Crippen LogP contribution is -2.35. The fraction of sp³-hybridized carbons (Fsp3) is 0.625. The Morgan fingerprint density at radius 3 is 2.72 bits per heavy atom. The zero-order valence-corrected chi connectivity index (χ0v) is 11.8. The molecule has 0 saturated carbocycles. The van der Waals surface area contributed by atoms with E-state index in [1.165, 1.54) is 30.4 Å². The van der Waals surface area contributed by atoms with Gasteiger partial charge in [0.05, 0.1) is 0 Å². The normalized spacial score (nSPS) is 20.3. The first-order valence-corrected chi connectivity index (χ1v) is 7.13. The van der Waals surface area contributed by atoms with Crippen molar-refractivity contribution in [2.75, 3.05) is 6.54 Å². The molecule has 2 rings (SSSR count). The van der Waals surface area contributed by atoms with Gasteiger partial charge < -0.3 is 10.4 Å². The first-order chi connectivity index (χ1) is 8.58. The van der Waals surface area contributed by atoms with E-state index in [1.54, 1.807) is 0 Å². The third-order valence-electron chi connectivity index (χ3n) is 3.97. The molecule has 1 aromatic carbocycles. The van der Waals surface area contributed by atoms with Gasteiger partial charge in [0.25, 0.3) is 0 Å². The van der Waals surface area contributed by atoms with Crippen LogP contribution in [0.4, 0.5) is 0 Å². The summed E-state index contributed by atoms with van der Waals surface area (Å²) in [5.74, 6) is 0.980. The molecule has 2 nitrogen and oxygen atoms in total. The van der Waals surface area contributed by atoms with Gasteiger partial charge >= 0.3 is 0 Å². The number of nitrogens with one attached hydrogen (secondary N) is 1. The summed E-state index contributed by atoms with van der Waals surface area (Å²) >= 11 is 0. The number of hydrogen-bond acceptors (Lipinski definition) is 2. The van der Waals surface area contributed by atoms with Crippen LogP contribution >= 0.6 is 0 Å². The van der Waals surface area contributed by atoms with Crippen LogP contribution in [0.25, 0.3) is 0 Å². The predicted molar refractivity (Wildman–Crippen MR) is 76.3 cm³/mol. The van der Waals surface area contributed by atoms with Crippen molar-refractivity contribution in [1.82, 2.24) is 5.32 Å². The average molecular weight is 247 g/mol. The van der Waals surface area contributed by atoms with Crippen LogP contribution in [0, 0.1) is 6.92 Å². The van der Waals surface area contributed by atoms with Crippen LogP contribution < -0.4 is 5.32 Å². The predicted octanol–water partition coefficient (Wildman–Crippen LogP) is 3.51. The van der Waals surface area contributed by atoms with Crippen LogP contribution in [0.3, 0.4) is 0 Å². The second kappa shape index (κ2) is 5.75. The quantitative estimate of drug-likeness (QED) is 0.856. The van der Waals surface area contributed by atoms with Crippen molar-refractivity contribution in [2.24, 2.45) is 0 Å². The molecule has 0 radical (unpaired) electrons. The molecular weight excluding hydrogens is 222 g/mol. The SMILES string of the molecule is Cc1cc(O)c(CC2CCCCN2)cc1C(C)C. The second-order valence-electron chi connectivity index (χ2n) is 5.84. The lowest BCUT2D eigenvalue weighted by molar-refractivity contribution is 0.391. The summed E-state index contributed by atoms with van der Waals surface area (Å²) in [6, 6.07) is 4.66. The van der Waals surface area contributed by atoms with Crippen molar-refractivity contribution in [3.63, 3.8) is 0 Å². The zero-order valence-electron chi connectivity index (χ0n) is 11.8. The van der Waals surface area contributed by atoms with Crippen LogP contribution in [0.5, 0.6) is 5.75 Å². The molecule has 100 valence electrons. The van der Waals surface area contributed by atoms with Gasteiger partial charge in [0.2, 0.25) is 0 Å². The highest BCUT2D eigenvalue weighted by molar-refractivity contribution is 5.43. The highest BCUT2D eigenvalue weighted by atomic mass is 16.3. The van der Waals surface area contributed by atoms with Crippen molar-refractivity contribution in [1.29, 1.82) is 0 Å². The summed E-state index contributed by atoms with van der Waals surface area (Å²) in [6.45, 7) is 7.62. The van der Waals surface area contributed by atoms with Gasteiger partial charge in [0.15, 0.2) is 0 Å². The van der Waals surface area contributed by atoms with E-state index in [9.17, 15) is 5.11 Å². The van der Waals surface area contributed by atoms with Gasteiger partial charge in [-0.15, -0.1) is 0 Å². The average Bonchev–Trinajstić information content (AvgIpc) is 2.33. The third-order valence-corrected chi connectivity index (χ3v) is 3.97. The van der Waals surface area contributed by atoms with Crippen LogP contribution in [-0.4, -0.2) is 17.7 Å². The van der Waals surface area contributed by atoms with Crippen LogP contribution in [0.1, 0.15) is 55.7 Å². The molecule has 1 aliphatic heterocycles. The summed E-state index contributed by atoms with van der Waals surface area (Å²) in [4.78, 5) is 0. The largest absolute Gasteiger partial charge is 0.508 e. The molecule has 0 amide bonds. The van der Waals surface area contributed by atoms with E-state index in [0.29, 0.717) is 17.7 Å². The lowest BCUT2D eigenvalue weighted by atomic mass is 9.91. The van der Waals surface area contributed by atoms with Gasteiger partial charge in [-0.1, -0.05) is 26.3 Å². The maximum Gasteiger partial charge on any atom is 0.119 e. The van der Waals surface area contributed by atoms with Crippen LogP contribution in [0.15, 0.2) is 12.1 Å². The summed E-state index contributed by atoms with van der Waals surface area (Å²) in [7, 11) is 0. The topological polar surface area (TPSA) is 32.3 Å². The van der Waals surface area contributed by atoms with Gasteiger partial charge in [-0.05, 0) is 61.4 Å². The Morgan fingerprint density at radius 2 is 2.11 bits per heavy atom. The molecule has 2 heteroatoms. The smallest absolute Gasteiger partial charge is 0.119 e. The molecule has 1 saturated heterocycles. The number of hydrogen-bond donors (Lipinski definition) is 2. The van der Waals surface area contributed by atoms with Gasteiger partial charge in [-0.3, -0.25) is 0 Å². The van der Waals surface area contributed by atoms with Gasteiger partial charge in [0, 0.05) is 6.04 Å². The fourth-order valence-corrected chi connectivity index (χ4v) is 2.91. The Balaban J connectivity index is 2.18. The molecule has 18 heavy (non-hydrogen) atoms. The molecule has 2 N–H and O–H groups in total. The lowest BCUT2D eigenvalue weighted by Gasteiger charge is -2.24. The maximum atomic E-state index is 10.1. The monoisotopic (exact) mass is 247 g/mol. The van der Waals surface area contributed by atoms with Crippen LogP contribution in [-0.2, 0) is 6.42 Å². The Labute approximate surface area is 110 Å². The Bertz CT molecular complexity index is 406. The molecule has 0 aliphatic carbocycles. The van der Waals surface area contributed by atoms with Crippen molar-refractivity contribution in [2.45, 2.75) is 58.4 Å². The molecule has 1 unspecified atom stereocenters.